The maximum Gasteiger partial charge on any atom is 0.416 e. The number of alkyl halides is 3. The minimum atomic E-state index is -4.49. The van der Waals surface area contributed by atoms with Gasteiger partial charge < -0.3 is 4.74 Å². The number of esters is 1. The number of carbonyl (C=O) groups is 1. The predicted molar refractivity (Wildman–Crippen MR) is 75.6 cm³/mol. The summed E-state index contributed by atoms with van der Waals surface area (Å²) in [4.78, 5) is 16.0. The third kappa shape index (κ3) is 2.26. The summed E-state index contributed by atoms with van der Waals surface area (Å²) >= 11 is 0. The van der Waals surface area contributed by atoms with Gasteiger partial charge in [-0.2, -0.15) is 13.2 Å². The monoisotopic (exact) mass is 305 g/mol. The highest BCUT2D eigenvalue weighted by Crippen LogP contribution is 2.34. The highest BCUT2D eigenvalue weighted by atomic mass is 19.4. The lowest BCUT2D eigenvalue weighted by Crippen LogP contribution is -2.08. The van der Waals surface area contributed by atoms with Crippen molar-refractivity contribution >= 4 is 27.6 Å². The molecule has 0 bridgehead atoms. The molecule has 0 unspecified atom stereocenters. The van der Waals surface area contributed by atoms with E-state index in [4.69, 9.17) is 0 Å². The number of carbonyl (C=O) groups excluding carboxylic acids is 1. The standard InChI is InChI=1S/C16H10F3NO2/c1-22-15(21)14-12-8-9(16(17,18)19)6-7-10(12)11-4-2-3-5-13(11)20-14/h2-8H,1H3. The lowest BCUT2D eigenvalue weighted by molar-refractivity contribution is -0.137. The molecule has 6 heteroatoms. The van der Waals surface area contributed by atoms with Crippen LogP contribution in [0.25, 0.3) is 21.7 Å². The topological polar surface area (TPSA) is 39.2 Å². The first-order chi connectivity index (χ1) is 10.4. The molecule has 0 amide bonds. The minimum absolute atomic E-state index is 0.123. The van der Waals surface area contributed by atoms with Gasteiger partial charge in [0.05, 0.1) is 18.2 Å². The van der Waals surface area contributed by atoms with Crippen LogP contribution in [0.15, 0.2) is 42.5 Å². The fourth-order valence-corrected chi connectivity index (χ4v) is 2.38. The molecule has 22 heavy (non-hydrogen) atoms. The van der Waals surface area contributed by atoms with Crippen LogP contribution in [0.4, 0.5) is 13.2 Å². The molecular weight excluding hydrogens is 295 g/mol. The number of hydrogen-bond donors (Lipinski definition) is 0. The van der Waals surface area contributed by atoms with Crippen molar-refractivity contribution in [3.05, 3.63) is 53.7 Å². The van der Waals surface area contributed by atoms with Crippen LogP contribution in [0.1, 0.15) is 16.1 Å². The number of methoxy groups -OCH3 is 1. The van der Waals surface area contributed by atoms with Gasteiger partial charge in [0.1, 0.15) is 0 Å². The largest absolute Gasteiger partial charge is 0.464 e. The highest BCUT2D eigenvalue weighted by molar-refractivity contribution is 6.13. The summed E-state index contributed by atoms with van der Waals surface area (Å²) < 4.78 is 43.4. The van der Waals surface area contributed by atoms with Gasteiger partial charge in [0.25, 0.3) is 0 Å². The van der Waals surface area contributed by atoms with Gasteiger partial charge in [-0.3, -0.25) is 0 Å². The predicted octanol–water partition coefficient (Wildman–Crippen LogP) is 4.19. The molecule has 0 aliphatic heterocycles. The number of ether oxygens (including phenoxy) is 1. The number of rotatable bonds is 1. The second kappa shape index (κ2) is 4.98. The second-order valence-corrected chi connectivity index (χ2v) is 4.73. The molecule has 0 saturated carbocycles. The minimum Gasteiger partial charge on any atom is -0.464 e. The fourth-order valence-electron chi connectivity index (χ4n) is 2.38. The van der Waals surface area contributed by atoms with Crippen molar-refractivity contribution < 1.29 is 22.7 Å². The van der Waals surface area contributed by atoms with E-state index in [0.717, 1.165) is 12.1 Å². The van der Waals surface area contributed by atoms with E-state index in [1.165, 1.54) is 13.2 Å². The summed E-state index contributed by atoms with van der Waals surface area (Å²) in [6.45, 7) is 0. The van der Waals surface area contributed by atoms with Crippen molar-refractivity contribution in [2.45, 2.75) is 6.18 Å². The van der Waals surface area contributed by atoms with E-state index in [-0.39, 0.29) is 11.1 Å². The SMILES string of the molecule is COC(=O)c1nc2ccccc2c2ccc(C(F)(F)F)cc12. The maximum atomic E-state index is 12.9. The molecule has 3 aromatic rings. The Hall–Kier alpha value is -2.63. The van der Waals surface area contributed by atoms with Gasteiger partial charge in [-0.05, 0) is 23.6 Å². The molecule has 0 aliphatic carbocycles. The molecule has 2 aromatic carbocycles. The van der Waals surface area contributed by atoms with E-state index in [0.29, 0.717) is 16.3 Å². The van der Waals surface area contributed by atoms with Gasteiger partial charge >= 0.3 is 12.1 Å². The molecule has 0 radical (unpaired) electrons. The van der Waals surface area contributed by atoms with Crippen molar-refractivity contribution in [1.82, 2.24) is 4.98 Å². The number of halogens is 3. The van der Waals surface area contributed by atoms with Crippen LogP contribution in [0.3, 0.4) is 0 Å². The van der Waals surface area contributed by atoms with Crippen molar-refractivity contribution in [1.29, 1.82) is 0 Å². The molecule has 0 spiro atoms. The van der Waals surface area contributed by atoms with Crippen LogP contribution in [0.2, 0.25) is 0 Å². The molecule has 3 rings (SSSR count). The van der Waals surface area contributed by atoms with Crippen LogP contribution >= 0.6 is 0 Å². The maximum absolute atomic E-state index is 12.9. The molecule has 0 aliphatic rings. The van der Waals surface area contributed by atoms with Gasteiger partial charge in [-0.25, -0.2) is 9.78 Å². The number of fused-ring (bicyclic) bond motifs is 3. The molecule has 112 valence electrons. The van der Waals surface area contributed by atoms with Gasteiger partial charge in [-0.15, -0.1) is 0 Å². The molecule has 1 aromatic heterocycles. The Morgan fingerprint density at radius 2 is 1.77 bits per heavy atom. The van der Waals surface area contributed by atoms with Crippen LogP contribution in [0.5, 0.6) is 0 Å². The summed E-state index contributed by atoms with van der Waals surface area (Å²) in [5.74, 6) is -0.768. The highest BCUT2D eigenvalue weighted by Gasteiger charge is 2.31. The number of benzene rings is 2. The molecule has 3 nitrogen and oxygen atoms in total. The Kier molecular flexibility index (Phi) is 3.24. The van der Waals surface area contributed by atoms with Crippen LogP contribution < -0.4 is 0 Å². The average Bonchev–Trinajstić information content (AvgIpc) is 2.52. The molecule has 0 saturated heterocycles. The first-order valence-corrected chi connectivity index (χ1v) is 6.40. The molecule has 0 atom stereocenters. The zero-order chi connectivity index (χ0) is 15.9. The summed E-state index contributed by atoms with van der Waals surface area (Å²) in [6.07, 6.45) is -4.49. The fraction of sp³-hybridized carbons (Fsp3) is 0.125. The molecule has 0 N–H and O–H groups in total. The second-order valence-electron chi connectivity index (χ2n) is 4.73. The van der Waals surface area contributed by atoms with E-state index < -0.39 is 17.7 Å². The third-order valence-electron chi connectivity index (χ3n) is 3.41. The number of aromatic nitrogens is 1. The average molecular weight is 305 g/mol. The van der Waals surface area contributed by atoms with Gasteiger partial charge in [-0.1, -0.05) is 24.3 Å². The summed E-state index contributed by atoms with van der Waals surface area (Å²) in [5, 5.41) is 1.33. The summed E-state index contributed by atoms with van der Waals surface area (Å²) in [6, 6.07) is 10.2. The van der Waals surface area contributed by atoms with Crippen LogP contribution in [-0.2, 0) is 10.9 Å². The van der Waals surface area contributed by atoms with Crippen molar-refractivity contribution in [2.75, 3.05) is 7.11 Å². The van der Waals surface area contributed by atoms with Crippen molar-refractivity contribution in [3.8, 4) is 0 Å². The molecular formula is C16H10F3NO2. The number of hydrogen-bond acceptors (Lipinski definition) is 3. The zero-order valence-corrected chi connectivity index (χ0v) is 11.4. The Labute approximate surface area is 123 Å². The number of nitrogens with zero attached hydrogens (tertiary/aromatic N) is 1. The van der Waals surface area contributed by atoms with E-state index in [9.17, 15) is 18.0 Å². The first kappa shape index (κ1) is 14.3. The molecule has 0 fully saturated rings. The van der Waals surface area contributed by atoms with Crippen molar-refractivity contribution in [3.63, 3.8) is 0 Å². The Bertz CT molecular complexity index is 888. The van der Waals surface area contributed by atoms with Gasteiger partial charge in [0.15, 0.2) is 5.69 Å². The normalized spacial score (nSPS) is 11.8. The molecule has 1 heterocycles. The van der Waals surface area contributed by atoms with E-state index in [1.54, 1.807) is 24.3 Å². The first-order valence-electron chi connectivity index (χ1n) is 6.40. The number of para-hydroxylation sites is 1. The third-order valence-corrected chi connectivity index (χ3v) is 3.41. The van der Waals surface area contributed by atoms with Crippen molar-refractivity contribution in [2.24, 2.45) is 0 Å². The van der Waals surface area contributed by atoms with Gasteiger partial charge in [0.2, 0.25) is 0 Å². The lowest BCUT2D eigenvalue weighted by Gasteiger charge is -2.11. The van der Waals surface area contributed by atoms with Gasteiger partial charge in [0, 0.05) is 10.8 Å². The zero-order valence-electron chi connectivity index (χ0n) is 11.4. The summed E-state index contributed by atoms with van der Waals surface area (Å²) in [5.41, 5.74) is -0.431. The Morgan fingerprint density at radius 3 is 2.45 bits per heavy atom. The quantitative estimate of drug-likeness (QED) is 0.500. The Balaban J connectivity index is 2.44. The number of pyridine rings is 1. The van der Waals surface area contributed by atoms with E-state index in [2.05, 4.69) is 9.72 Å². The van der Waals surface area contributed by atoms with E-state index >= 15 is 0 Å². The van der Waals surface area contributed by atoms with E-state index in [1.807, 2.05) is 0 Å². The lowest BCUT2D eigenvalue weighted by atomic mass is 10.0. The summed E-state index contributed by atoms with van der Waals surface area (Å²) in [7, 11) is 1.17. The smallest absolute Gasteiger partial charge is 0.416 e. The van der Waals surface area contributed by atoms with Crippen LogP contribution in [-0.4, -0.2) is 18.1 Å². The Morgan fingerprint density at radius 1 is 1.05 bits per heavy atom. The van der Waals surface area contributed by atoms with Crippen LogP contribution in [0, 0.1) is 0 Å².